The first-order valence-electron chi connectivity index (χ1n) is 45.0. The van der Waals surface area contributed by atoms with Crippen molar-refractivity contribution in [3.8, 4) is 0 Å². The zero-order valence-corrected chi connectivity index (χ0v) is 78.7. The Bertz CT molecular complexity index is 6850. The Balaban J connectivity index is 0.000000119. The average Bonchev–Trinajstić information content (AvgIpc) is 1.57. The third kappa shape index (κ3) is 17.3. The molecule has 44 heteroatoms. The average molecular weight is 1890 g/mol. The number of aliphatic imine (C=N–C) groups is 4. The number of hydrogen-bond acceptors (Lipinski definition) is 28. The second kappa shape index (κ2) is 35.7. The highest BCUT2D eigenvalue weighted by Gasteiger charge is 2.52. The second-order valence-corrected chi connectivity index (χ2v) is 41.7. The molecule has 0 radical (unpaired) electrons. The van der Waals surface area contributed by atoms with Crippen molar-refractivity contribution >= 4 is 177 Å². The van der Waals surface area contributed by atoms with E-state index < -0.39 is 40.1 Å². The molecule has 700 valence electrons. The monoisotopic (exact) mass is 1880 g/mol. The van der Waals surface area contributed by atoms with Gasteiger partial charge in [-0.2, -0.15) is 19.9 Å². The van der Waals surface area contributed by atoms with E-state index in [-0.39, 0.29) is 47.8 Å². The van der Waals surface area contributed by atoms with E-state index >= 15 is 0 Å². The van der Waals surface area contributed by atoms with Crippen LogP contribution in [0.2, 0.25) is 0 Å². The molecular formula is C89H112N32O8S4. The number of sulfonamides is 4. The highest BCUT2D eigenvalue weighted by molar-refractivity contribution is 7.90. The van der Waals surface area contributed by atoms with Crippen molar-refractivity contribution in [3.63, 3.8) is 0 Å². The fourth-order valence-electron chi connectivity index (χ4n) is 20.3. The predicted octanol–water partition coefficient (Wildman–Crippen LogP) is 11.6. The number of rotatable bonds is 15. The van der Waals surface area contributed by atoms with Crippen LogP contribution in [0.4, 0.5) is 69.8 Å². The van der Waals surface area contributed by atoms with Gasteiger partial charge in [-0.25, -0.2) is 74.2 Å². The van der Waals surface area contributed by atoms with E-state index in [9.17, 15) is 33.7 Å². The van der Waals surface area contributed by atoms with E-state index in [1.54, 1.807) is 48.5 Å². The van der Waals surface area contributed by atoms with Gasteiger partial charge in [0.1, 0.15) is 91.4 Å². The molecule has 0 saturated heterocycles. The molecule has 0 amide bonds. The third-order valence-corrected chi connectivity index (χ3v) is 30.5. The summed E-state index contributed by atoms with van der Waals surface area (Å²) in [6.45, 7) is 7.17. The summed E-state index contributed by atoms with van der Waals surface area (Å²) in [4.78, 5) is 56.5. The summed E-state index contributed by atoms with van der Waals surface area (Å²) in [5.41, 5.74) is 19.4. The minimum Gasteiger partial charge on any atom is -0.324 e. The Labute approximate surface area is 771 Å². The third-order valence-electron chi connectivity index (χ3n) is 26.8. The molecule has 4 spiro atoms. The number of anilines is 12. The molecule has 12 heterocycles. The number of aromatic nitrogens is 12. The lowest BCUT2D eigenvalue weighted by atomic mass is 9.79. The number of fused-ring (bicyclic) bond motifs is 16. The zero-order chi connectivity index (χ0) is 93.3. The number of amidine groups is 4. The maximum Gasteiger partial charge on any atom is 0.238 e. The van der Waals surface area contributed by atoms with Gasteiger partial charge in [-0.15, -0.1) is 0 Å². The molecule has 5 fully saturated rings. The topological polar surface area (TPSA) is 522 Å². The Morgan fingerprint density at radius 2 is 0.647 bits per heavy atom. The van der Waals surface area contributed by atoms with Gasteiger partial charge in [0.2, 0.25) is 63.9 Å². The van der Waals surface area contributed by atoms with Gasteiger partial charge >= 0.3 is 0 Å². The molecule has 5 aliphatic carbocycles. The molecule has 4 aromatic carbocycles. The summed E-state index contributed by atoms with van der Waals surface area (Å²) < 4.78 is 102. The summed E-state index contributed by atoms with van der Waals surface area (Å²) in [5.74, 6) is 9.94. The first-order valence-corrected chi connectivity index (χ1v) is 51.2. The quantitative estimate of drug-likeness (QED) is 0.0453. The molecular weight excluding hydrogens is 1770 g/mol. The number of benzene rings is 4. The standard InChI is InChI=1S/C23H28N8O2S.C23H30N8O2S.C22H28N8O2S.C21H26N8O2S/c1-25-21-23(11-3-2-4-12-23)30-19(31(29-21)17-7-8-17)13-15-14-26-22(28-20(15)30)27-16-5-9-18(10-6-16)34(24,32)33;1-15(2)31-19-13-16-14-26-22(27-17-7-9-18(10-8-17)34(24,32)33)28-20(16)30(19)23(21(25-3)29-31)11-5-4-6-12-23;1-3-29-18-13-15-14-25-21(26-16-7-9-17(10-8-16)33(23,31)32)27-19(15)30(18)22(20(24-2)28-29)11-5-4-6-12-22;1-23-19-21(10-4-3-5-11-21)29-17(28(2)27-19)12-14-13-24-20(26-18(14)29)25-15-6-8-16(9-7-15)32(22,30)31/h5-6,9-10,13-14,17H,2-4,7-8,11-12H2,1H3,(H,25,29)(H2,24,32,33)(H,26,27,28);7-10,13-15H,4-6,11-12H2,1-3H3,(H,25,29)(H2,24,32,33)(H,26,27,28);7-10,13-14H,3-6,11-12H2,1-2H3,(H,24,28)(H2,23,31,32)(H,25,26,27);6-9,12-13H,3-5,10-11H2,1-2H3,(H,23,27)(H2,22,30,31)(H,24,25,26). The molecule has 0 bridgehead atoms. The maximum absolute atomic E-state index is 11.5. The van der Waals surface area contributed by atoms with E-state index in [4.69, 9.17) is 45.5 Å². The molecule has 21 rings (SSSR count). The van der Waals surface area contributed by atoms with Crippen LogP contribution in [0.25, 0.3) is 44.1 Å². The molecule has 16 N–H and O–H groups in total. The van der Waals surface area contributed by atoms with Gasteiger partial charge in [0.05, 0.1) is 25.6 Å². The summed E-state index contributed by atoms with van der Waals surface area (Å²) >= 11 is 0. The minimum absolute atomic E-state index is 0.0567. The number of nitrogens with two attached hydrogens (primary N) is 4. The van der Waals surface area contributed by atoms with Crippen LogP contribution in [0, 0.1) is 0 Å². The van der Waals surface area contributed by atoms with Crippen molar-refractivity contribution in [2.24, 2.45) is 40.5 Å². The van der Waals surface area contributed by atoms with Crippen LogP contribution in [0.5, 0.6) is 0 Å². The first-order chi connectivity index (χ1) is 63.8. The van der Waals surface area contributed by atoms with Crippen molar-refractivity contribution in [1.82, 2.24) is 79.8 Å². The van der Waals surface area contributed by atoms with Crippen molar-refractivity contribution in [2.45, 2.75) is 216 Å². The number of primary sulfonamides is 4. The summed E-state index contributed by atoms with van der Waals surface area (Å²) in [6, 6.07) is 34.1. The van der Waals surface area contributed by atoms with Crippen LogP contribution in [0.3, 0.4) is 0 Å². The second-order valence-electron chi connectivity index (χ2n) is 35.5. The Kier molecular flexibility index (Phi) is 24.4. The van der Waals surface area contributed by atoms with Crippen molar-refractivity contribution < 1.29 is 33.7 Å². The van der Waals surface area contributed by atoms with Crippen LogP contribution < -0.4 is 83.6 Å². The van der Waals surface area contributed by atoms with Gasteiger partial charge in [-0.3, -0.25) is 80.0 Å². The molecule has 40 nitrogen and oxygen atoms in total. The van der Waals surface area contributed by atoms with E-state index in [1.165, 1.54) is 74.2 Å². The lowest BCUT2D eigenvalue weighted by Gasteiger charge is -2.49. The van der Waals surface area contributed by atoms with Crippen molar-refractivity contribution in [3.05, 3.63) is 146 Å². The van der Waals surface area contributed by atoms with Gasteiger partial charge in [0, 0.05) is 117 Å². The van der Waals surface area contributed by atoms with Crippen LogP contribution >= 0.6 is 0 Å². The maximum atomic E-state index is 11.5. The largest absolute Gasteiger partial charge is 0.324 e. The molecule has 133 heavy (non-hydrogen) atoms. The molecule has 5 saturated carbocycles. The van der Waals surface area contributed by atoms with Crippen LogP contribution in [-0.2, 0) is 62.2 Å². The fourth-order valence-corrected chi connectivity index (χ4v) is 22.4. The number of hydrogen-bond donors (Lipinski definition) is 12. The van der Waals surface area contributed by atoms with Gasteiger partial charge in [-0.1, -0.05) is 77.0 Å². The number of nitrogens with one attached hydrogen (secondary N) is 8. The Morgan fingerprint density at radius 3 is 0.947 bits per heavy atom. The van der Waals surface area contributed by atoms with E-state index in [2.05, 4.69) is 156 Å². The van der Waals surface area contributed by atoms with E-state index in [0.29, 0.717) is 52.6 Å². The summed E-state index contributed by atoms with van der Waals surface area (Å²) in [7, 11) is -5.59. The first kappa shape index (κ1) is 90.8. The van der Waals surface area contributed by atoms with Crippen LogP contribution in [-0.4, -0.2) is 169 Å². The van der Waals surface area contributed by atoms with Crippen LogP contribution in [0.1, 0.15) is 162 Å². The lowest BCUT2D eigenvalue weighted by molar-refractivity contribution is 0.267. The van der Waals surface area contributed by atoms with Gasteiger partial charge in [0.25, 0.3) is 0 Å². The number of hydrazine groups is 4. The SMILES string of the molecule is CCN1NC(=NC)C2(CCCCC2)n2c1cc1cnc(Nc3ccc(S(N)(=O)=O)cc3)nc12.CN=C1NN(C(C)C)c2cc3cnc(Nc4ccc(S(N)(=O)=O)cc4)nc3n2C12CCCCC2.CN=C1NN(C)c2cc3cnc(Nc4ccc(S(N)(=O)=O)cc4)nc3n2C12CCCCC2.CN=C1NN(C2CC2)c2cc3cnc(Nc4ccc(S(N)(=O)=O)cc4)nc3n2C12CCCCC2. The molecule has 4 aliphatic heterocycles. The normalized spacial score (nSPS) is 19.6. The molecule has 8 aromatic heterocycles. The van der Waals surface area contributed by atoms with Crippen molar-refractivity contribution in [2.75, 3.05) is 83.1 Å². The fraction of sp³-hybridized carbons (Fsp3) is 0.416. The van der Waals surface area contributed by atoms with Crippen molar-refractivity contribution in [1.29, 1.82) is 0 Å². The van der Waals surface area contributed by atoms with E-state index in [0.717, 1.165) is 213 Å². The summed E-state index contributed by atoms with van der Waals surface area (Å²) in [6.07, 6.45) is 31.7. The zero-order valence-electron chi connectivity index (χ0n) is 75.4. The van der Waals surface area contributed by atoms with E-state index in [1.807, 2.05) is 65.0 Å². The summed E-state index contributed by atoms with van der Waals surface area (Å²) in [5, 5.41) is 45.9. The highest BCUT2D eigenvalue weighted by Crippen LogP contribution is 2.51. The minimum atomic E-state index is -3.74. The van der Waals surface area contributed by atoms with Gasteiger partial charge < -0.3 is 21.3 Å². The Morgan fingerprint density at radius 1 is 0.376 bits per heavy atom. The lowest BCUT2D eigenvalue weighted by Crippen LogP contribution is -2.62. The number of nitrogens with zero attached hydrogens (tertiary/aromatic N) is 20. The molecule has 9 aliphatic rings. The van der Waals surface area contributed by atoms with Crippen LogP contribution in [0.15, 0.2) is 186 Å². The Hall–Kier alpha value is -12.7. The smallest absolute Gasteiger partial charge is 0.238 e. The molecule has 0 unspecified atom stereocenters. The highest BCUT2D eigenvalue weighted by atomic mass is 32.2. The predicted molar refractivity (Wildman–Crippen MR) is 519 cm³/mol. The van der Waals surface area contributed by atoms with Gasteiger partial charge in [0.15, 0.2) is 0 Å². The van der Waals surface area contributed by atoms with Gasteiger partial charge in [-0.05, 0) is 206 Å². The molecule has 0 atom stereocenters. The molecule has 12 aromatic rings.